The Bertz CT molecular complexity index is 635. The second-order valence-electron chi connectivity index (χ2n) is 5.13. The minimum absolute atomic E-state index is 0.0160. The fourth-order valence-electron chi connectivity index (χ4n) is 1.48. The number of aliphatic carboxylic acids is 1. The summed E-state index contributed by atoms with van der Waals surface area (Å²) in [5.74, 6) is -1.77. The number of benzene rings is 1. The van der Waals surface area contributed by atoms with Crippen molar-refractivity contribution in [3.8, 4) is 0 Å². The maximum atomic E-state index is 11.7. The molecule has 0 bridgehead atoms. The fraction of sp³-hybridized carbons (Fsp3) is 0.385. The van der Waals surface area contributed by atoms with E-state index in [1.165, 1.54) is 26.0 Å². The van der Waals surface area contributed by atoms with Crippen molar-refractivity contribution < 1.29 is 23.1 Å². The van der Waals surface area contributed by atoms with Gasteiger partial charge in [0.25, 0.3) is 0 Å². The quantitative estimate of drug-likeness (QED) is 0.642. The van der Waals surface area contributed by atoms with Crippen molar-refractivity contribution in [2.75, 3.05) is 6.54 Å². The molecule has 0 unspecified atom stereocenters. The third kappa shape index (κ3) is 4.54. The van der Waals surface area contributed by atoms with Gasteiger partial charge >= 0.3 is 5.97 Å². The summed E-state index contributed by atoms with van der Waals surface area (Å²) < 4.78 is 22.2. The number of rotatable bonds is 6. The van der Waals surface area contributed by atoms with Crippen LogP contribution in [0.5, 0.6) is 0 Å². The fourth-order valence-corrected chi connectivity index (χ4v) is 2.00. The van der Waals surface area contributed by atoms with Crippen molar-refractivity contribution in [2.45, 2.75) is 25.2 Å². The Morgan fingerprint density at radius 1 is 1.24 bits per heavy atom. The Labute approximate surface area is 123 Å². The van der Waals surface area contributed by atoms with E-state index in [4.69, 9.17) is 10.2 Å². The van der Waals surface area contributed by atoms with Gasteiger partial charge in [-0.25, -0.2) is 13.6 Å². The molecule has 0 atom stereocenters. The molecule has 8 heteroatoms. The number of carbonyl (C=O) groups is 2. The number of carbonyl (C=O) groups excluding carboxylic acids is 1. The molecule has 1 aromatic carbocycles. The summed E-state index contributed by atoms with van der Waals surface area (Å²) >= 11 is 0. The molecule has 0 heterocycles. The Kier molecular flexibility index (Phi) is 5.08. The minimum atomic E-state index is -3.72. The van der Waals surface area contributed by atoms with Gasteiger partial charge in [0, 0.05) is 6.54 Å². The lowest BCUT2D eigenvalue weighted by Crippen LogP contribution is -2.42. The van der Waals surface area contributed by atoms with Crippen LogP contribution in [0, 0.1) is 5.41 Å². The number of nitrogens with one attached hydrogen (secondary N) is 1. The van der Waals surface area contributed by atoms with Gasteiger partial charge in [0.15, 0.2) is 0 Å². The molecule has 0 aromatic heterocycles. The highest BCUT2D eigenvalue weighted by Crippen LogP contribution is 2.15. The van der Waals surface area contributed by atoms with E-state index in [0.717, 1.165) is 5.56 Å². The molecular formula is C13H18N2O5S. The van der Waals surface area contributed by atoms with Crippen LogP contribution in [0.25, 0.3) is 0 Å². The number of sulfonamides is 1. The van der Waals surface area contributed by atoms with E-state index >= 15 is 0 Å². The van der Waals surface area contributed by atoms with Gasteiger partial charge in [-0.2, -0.15) is 0 Å². The third-order valence-electron chi connectivity index (χ3n) is 3.05. The van der Waals surface area contributed by atoms with E-state index in [2.05, 4.69) is 5.32 Å². The van der Waals surface area contributed by atoms with Crippen LogP contribution in [0.1, 0.15) is 19.4 Å². The van der Waals surface area contributed by atoms with E-state index < -0.39 is 27.3 Å². The number of primary sulfonamides is 1. The van der Waals surface area contributed by atoms with Crippen LogP contribution in [-0.4, -0.2) is 31.9 Å². The summed E-state index contributed by atoms with van der Waals surface area (Å²) in [5, 5.41) is 16.4. The highest BCUT2D eigenvalue weighted by Gasteiger charge is 2.35. The average molecular weight is 314 g/mol. The molecule has 116 valence electrons. The van der Waals surface area contributed by atoms with Crippen LogP contribution in [0.3, 0.4) is 0 Å². The summed E-state index contributed by atoms with van der Waals surface area (Å²) in [6.07, 6.45) is 0.451. The van der Waals surface area contributed by atoms with Crippen LogP contribution < -0.4 is 10.5 Å². The molecule has 1 aromatic rings. The molecule has 0 aliphatic rings. The summed E-state index contributed by atoms with van der Waals surface area (Å²) in [6, 6.07) is 5.95. The predicted molar refractivity (Wildman–Crippen MR) is 75.9 cm³/mol. The molecule has 0 radical (unpaired) electrons. The summed E-state index contributed by atoms with van der Waals surface area (Å²) in [7, 11) is -3.72. The first-order valence-corrected chi connectivity index (χ1v) is 7.73. The van der Waals surface area contributed by atoms with Crippen molar-refractivity contribution in [2.24, 2.45) is 10.6 Å². The Hall–Kier alpha value is -1.93. The minimum Gasteiger partial charge on any atom is -0.480 e. The van der Waals surface area contributed by atoms with E-state index in [1.54, 1.807) is 12.1 Å². The Morgan fingerprint density at radius 2 is 1.76 bits per heavy atom. The zero-order chi connectivity index (χ0) is 16.3. The maximum absolute atomic E-state index is 11.7. The normalized spacial score (nSPS) is 12.0. The van der Waals surface area contributed by atoms with Crippen LogP contribution in [0.4, 0.5) is 0 Å². The summed E-state index contributed by atoms with van der Waals surface area (Å²) in [4.78, 5) is 22.6. The maximum Gasteiger partial charge on any atom is 0.318 e. The van der Waals surface area contributed by atoms with Crippen LogP contribution >= 0.6 is 0 Å². The number of carboxylic acids is 1. The van der Waals surface area contributed by atoms with Gasteiger partial charge in [-0.15, -0.1) is 0 Å². The van der Waals surface area contributed by atoms with E-state index in [-0.39, 0.29) is 11.4 Å². The first-order valence-electron chi connectivity index (χ1n) is 6.18. The lowest BCUT2D eigenvalue weighted by molar-refractivity contribution is -0.153. The second-order valence-corrected chi connectivity index (χ2v) is 6.69. The smallest absolute Gasteiger partial charge is 0.318 e. The monoisotopic (exact) mass is 314 g/mol. The molecule has 0 saturated heterocycles. The van der Waals surface area contributed by atoms with Crippen molar-refractivity contribution in [1.29, 1.82) is 0 Å². The highest BCUT2D eigenvalue weighted by molar-refractivity contribution is 7.89. The molecule has 21 heavy (non-hydrogen) atoms. The number of hydrogen-bond donors (Lipinski definition) is 3. The first kappa shape index (κ1) is 17.1. The molecule has 0 aliphatic heterocycles. The average Bonchev–Trinajstić information content (AvgIpc) is 2.37. The lowest BCUT2D eigenvalue weighted by Gasteiger charge is -2.18. The van der Waals surface area contributed by atoms with Gasteiger partial charge in [0.1, 0.15) is 5.41 Å². The Balaban J connectivity index is 2.58. The predicted octanol–water partition coefficient (Wildman–Crippen LogP) is 0.104. The first-order chi connectivity index (χ1) is 9.55. The van der Waals surface area contributed by atoms with Gasteiger partial charge in [-0.05, 0) is 38.0 Å². The molecule has 0 fully saturated rings. The number of nitrogens with two attached hydrogens (primary N) is 1. The molecule has 1 rings (SSSR count). The molecule has 0 saturated carbocycles. The third-order valence-corrected chi connectivity index (χ3v) is 3.98. The summed E-state index contributed by atoms with van der Waals surface area (Å²) in [6.45, 7) is 2.90. The van der Waals surface area contributed by atoms with E-state index in [9.17, 15) is 18.0 Å². The second kappa shape index (κ2) is 6.23. The number of carboxylic acid groups (broad SMARTS) is 1. The highest BCUT2D eigenvalue weighted by atomic mass is 32.2. The molecule has 1 amide bonds. The zero-order valence-corrected chi connectivity index (χ0v) is 12.6. The topological polar surface area (TPSA) is 127 Å². The van der Waals surface area contributed by atoms with Gasteiger partial charge in [-0.1, -0.05) is 12.1 Å². The molecule has 0 spiro atoms. The standard InChI is InChI=1S/C13H18N2O5S/c1-13(2,12(17)18)11(16)15-8-7-9-3-5-10(6-4-9)21(14,19)20/h3-6H,7-8H2,1-2H3,(H,15,16)(H,17,18)(H2,14,19,20). The van der Waals surface area contributed by atoms with Gasteiger partial charge in [0.05, 0.1) is 4.90 Å². The van der Waals surface area contributed by atoms with Crippen LogP contribution in [-0.2, 0) is 26.0 Å². The SMILES string of the molecule is CC(C)(C(=O)O)C(=O)NCCc1ccc(S(N)(=O)=O)cc1. The van der Waals surface area contributed by atoms with Crippen molar-refractivity contribution >= 4 is 21.9 Å². The van der Waals surface area contributed by atoms with Crippen LogP contribution in [0.2, 0.25) is 0 Å². The lowest BCUT2D eigenvalue weighted by atomic mass is 9.92. The number of amides is 1. The van der Waals surface area contributed by atoms with Gasteiger partial charge in [-0.3, -0.25) is 9.59 Å². The van der Waals surface area contributed by atoms with Crippen molar-refractivity contribution in [3.05, 3.63) is 29.8 Å². The van der Waals surface area contributed by atoms with Gasteiger partial charge in [0.2, 0.25) is 15.9 Å². The zero-order valence-electron chi connectivity index (χ0n) is 11.8. The Morgan fingerprint density at radius 3 is 2.19 bits per heavy atom. The van der Waals surface area contributed by atoms with Crippen LogP contribution in [0.15, 0.2) is 29.2 Å². The van der Waals surface area contributed by atoms with Crippen molar-refractivity contribution in [3.63, 3.8) is 0 Å². The summed E-state index contributed by atoms with van der Waals surface area (Å²) in [5.41, 5.74) is -0.687. The van der Waals surface area contributed by atoms with E-state index in [0.29, 0.717) is 6.42 Å². The molecule has 4 N–H and O–H groups in total. The molecular weight excluding hydrogens is 296 g/mol. The van der Waals surface area contributed by atoms with Gasteiger partial charge < -0.3 is 10.4 Å². The molecule has 7 nitrogen and oxygen atoms in total. The molecule has 0 aliphatic carbocycles. The van der Waals surface area contributed by atoms with Crippen molar-refractivity contribution in [1.82, 2.24) is 5.32 Å². The number of hydrogen-bond acceptors (Lipinski definition) is 4. The van der Waals surface area contributed by atoms with E-state index in [1.807, 2.05) is 0 Å². The largest absolute Gasteiger partial charge is 0.480 e.